The van der Waals surface area contributed by atoms with Gasteiger partial charge in [-0.2, -0.15) is 0 Å². The molecule has 3 aromatic carbocycles. The average Bonchev–Trinajstić information content (AvgIpc) is 4.12. The van der Waals surface area contributed by atoms with Crippen molar-refractivity contribution in [2.45, 2.75) is 183 Å². The zero-order valence-corrected chi connectivity index (χ0v) is 45.8. The van der Waals surface area contributed by atoms with E-state index < -0.39 is 70.2 Å². The Balaban J connectivity index is 0.947. The SMILES string of the molecule is CCC1(C2OC(C3OC(O)(CO)C(C)CC3C)CC2C)CCC(C2(C)CCC3(CC(O)C(C)C(C(C)C(OC)C(C)C(=O)C[C@H](CSC(c4ccccc4)(c4ccccc4)c4ccccc4)C(=O)OC)O3)O2)O1. The second-order valence-corrected chi connectivity index (χ2v) is 24.2. The lowest BCUT2D eigenvalue weighted by Gasteiger charge is -2.49. The van der Waals surface area contributed by atoms with E-state index in [9.17, 15) is 24.9 Å². The molecule has 18 atom stereocenters. The topological polar surface area (TPSA) is 159 Å². The molecule has 0 aliphatic carbocycles. The van der Waals surface area contributed by atoms with Gasteiger partial charge in [-0.05, 0) is 74.0 Å². The zero-order valence-electron chi connectivity index (χ0n) is 44.9. The highest BCUT2D eigenvalue weighted by atomic mass is 32.2. The fourth-order valence-electron chi connectivity index (χ4n) is 13.8. The van der Waals surface area contributed by atoms with Crippen LogP contribution in [0.1, 0.15) is 130 Å². The Morgan fingerprint density at radius 3 is 1.99 bits per heavy atom. The summed E-state index contributed by atoms with van der Waals surface area (Å²) in [6, 6.07) is 30.9. The van der Waals surface area contributed by atoms with Crippen LogP contribution in [0, 0.1) is 41.4 Å². The molecule has 5 aliphatic heterocycles. The third-order valence-corrected chi connectivity index (χ3v) is 19.9. The molecule has 402 valence electrons. The van der Waals surface area contributed by atoms with Crippen LogP contribution in [0.4, 0.5) is 0 Å². The molecule has 17 unspecified atom stereocenters. The maximum absolute atomic E-state index is 14.6. The van der Waals surface area contributed by atoms with Gasteiger partial charge in [0.25, 0.3) is 0 Å². The van der Waals surface area contributed by atoms with Gasteiger partial charge < -0.3 is 48.5 Å². The van der Waals surface area contributed by atoms with Crippen molar-refractivity contribution in [3.8, 4) is 0 Å². The van der Waals surface area contributed by atoms with Crippen LogP contribution in [-0.4, -0.2) is 119 Å². The molecule has 73 heavy (non-hydrogen) atoms. The molecule has 5 saturated heterocycles. The van der Waals surface area contributed by atoms with Crippen LogP contribution in [0.3, 0.4) is 0 Å². The number of thioether (sulfide) groups is 1. The minimum Gasteiger partial charge on any atom is -0.469 e. The Bertz CT molecular complexity index is 2190. The highest BCUT2D eigenvalue weighted by Crippen LogP contribution is 2.55. The molecule has 0 radical (unpaired) electrons. The summed E-state index contributed by atoms with van der Waals surface area (Å²) >= 11 is 1.63. The number of carbonyl (C=O) groups is 2. The van der Waals surface area contributed by atoms with Gasteiger partial charge in [-0.25, -0.2) is 0 Å². The van der Waals surface area contributed by atoms with Gasteiger partial charge in [0.05, 0.1) is 78.3 Å². The molecule has 3 N–H and O–H groups in total. The Morgan fingerprint density at radius 2 is 1.44 bits per heavy atom. The number of hydrogen-bond acceptors (Lipinski definition) is 13. The van der Waals surface area contributed by atoms with Crippen LogP contribution in [-0.2, 0) is 47.5 Å². The van der Waals surface area contributed by atoms with Crippen LogP contribution >= 0.6 is 11.8 Å². The smallest absolute Gasteiger partial charge is 0.309 e. The molecular weight excluding hydrogens is 945 g/mol. The maximum atomic E-state index is 14.6. The summed E-state index contributed by atoms with van der Waals surface area (Å²) in [6.07, 6.45) is 2.47. The zero-order chi connectivity index (χ0) is 52.5. The predicted octanol–water partition coefficient (Wildman–Crippen LogP) is 9.66. The van der Waals surface area contributed by atoms with Gasteiger partial charge in [-0.15, -0.1) is 11.8 Å². The van der Waals surface area contributed by atoms with Crippen molar-refractivity contribution in [2.75, 3.05) is 26.6 Å². The van der Waals surface area contributed by atoms with E-state index in [4.69, 9.17) is 33.2 Å². The monoisotopic (exact) mass is 1030 g/mol. The summed E-state index contributed by atoms with van der Waals surface area (Å²) in [4.78, 5) is 28.3. The largest absolute Gasteiger partial charge is 0.469 e. The predicted molar refractivity (Wildman–Crippen MR) is 281 cm³/mol. The van der Waals surface area contributed by atoms with Crippen molar-refractivity contribution in [1.29, 1.82) is 0 Å². The van der Waals surface area contributed by atoms with Crippen LogP contribution < -0.4 is 0 Å². The fraction of sp³-hybridized carbons (Fsp3) is 0.667. The number of Topliss-reactive ketones (excluding diaryl/α,β-unsaturated/α-hetero) is 1. The number of aliphatic hydroxyl groups is 3. The third-order valence-electron chi connectivity index (χ3n) is 18.2. The number of ether oxygens (including phenoxy) is 7. The number of methoxy groups -OCH3 is 2. The minimum atomic E-state index is -1.59. The third kappa shape index (κ3) is 10.9. The number of benzene rings is 3. The summed E-state index contributed by atoms with van der Waals surface area (Å²) in [5.74, 6) is -4.76. The molecule has 5 aliphatic rings. The number of rotatable bonds is 19. The molecule has 13 heteroatoms. The lowest BCUT2D eigenvalue weighted by Crippen LogP contribution is -2.57. The molecule has 12 nitrogen and oxygen atoms in total. The van der Waals surface area contributed by atoms with Gasteiger partial charge in [0, 0.05) is 55.8 Å². The first-order valence-corrected chi connectivity index (χ1v) is 28.1. The number of hydrogen-bond donors (Lipinski definition) is 3. The van der Waals surface area contributed by atoms with E-state index in [0.717, 1.165) is 48.8 Å². The lowest BCUT2D eigenvalue weighted by atomic mass is 9.77. The number of ketones is 1. The van der Waals surface area contributed by atoms with Gasteiger partial charge >= 0.3 is 5.97 Å². The van der Waals surface area contributed by atoms with Crippen LogP contribution in [0.5, 0.6) is 0 Å². The Hall–Kier alpha value is -3.21. The van der Waals surface area contributed by atoms with Gasteiger partial charge in [-0.1, -0.05) is 139 Å². The van der Waals surface area contributed by atoms with E-state index in [2.05, 4.69) is 64.1 Å². The van der Waals surface area contributed by atoms with E-state index in [1.165, 1.54) is 7.11 Å². The molecular formula is C60H84O12S. The van der Waals surface area contributed by atoms with E-state index in [1.54, 1.807) is 18.9 Å². The minimum absolute atomic E-state index is 0.0389. The number of esters is 1. The summed E-state index contributed by atoms with van der Waals surface area (Å²) < 4.78 is 45.6. The van der Waals surface area contributed by atoms with Crippen molar-refractivity contribution < 1.29 is 58.1 Å². The fourth-order valence-corrected chi connectivity index (χ4v) is 15.4. The van der Waals surface area contributed by atoms with Crippen LogP contribution in [0.2, 0.25) is 0 Å². The summed E-state index contributed by atoms with van der Waals surface area (Å²) in [5, 5.41) is 33.1. The molecule has 0 amide bonds. The highest BCUT2D eigenvalue weighted by molar-refractivity contribution is 8.00. The molecule has 0 aromatic heterocycles. The lowest BCUT2D eigenvalue weighted by molar-refractivity contribution is -0.336. The molecule has 5 heterocycles. The number of aliphatic hydroxyl groups excluding tert-OH is 2. The van der Waals surface area contributed by atoms with E-state index in [1.807, 2.05) is 82.3 Å². The molecule has 0 saturated carbocycles. The summed E-state index contributed by atoms with van der Waals surface area (Å²) in [5.41, 5.74) is 1.93. The Labute approximate surface area is 438 Å². The van der Waals surface area contributed by atoms with Crippen molar-refractivity contribution in [3.05, 3.63) is 108 Å². The number of carbonyl (C=O) groups excluding carboxylic acids is 2. The highest BCUT2D eigenvalue weighted by Gasteiger charge is 2.62. The van der Waals surface area contributed by atoms with E-state index in [0.29, 0.717) is 25.0 Å². The second-order valence-electron chi connectivity index (χ2n) is 22.9. The van der Waals surface area contributed by atoms with E-state index in [-0.39, 0.29) is 66.2 Å². The first-order chi connectivity index (χ1) is 34.8. The Morgan fingerprint density at radius 1 is 0.836 bits per heavy atom. The second kappa shape index (κ2) is 22.8. The first kappa shape index (κ1) is 56.0. The van der Waals surface area contributed by atoms with Gasteiger partial charge in [0.15, 0.2) is 11.6 Å². The van der Waals surface area contributed by atoms with Crippen LogP contribution in [0.25, 0.3) is 0 Å². The summed E-state index contributed by atoms with van der Waals surface area (Å²) in [7, 11) is 2.99. The summed E-state index contributed by atoms with van der Waals surface area (Å²) in [6.45, 7) is 16.0. The normalized spacial score (nSPS) is 37.4. The van der Waals surface area contributed by atoms with Gasteiger partial charge in [0.2, 0.25) is 0 Å². The maximum Gasteiger partial charge on any atom is 0.309 e. The van der Waals surface area contributed by atoms with Crippen molar-refractivity contribution >= 4 is 23.5 Å². The molecule has 0 bridgehead atoms. The quantitative estimate of drug-likeness (QED) is 0.0771. The van der Waals surface area contributed by atoms with Crippen molar-refractivity contribution in [1.82, 2.24) is 0 Å². The molecule has 3 aromatic rings. The molecule has 1 spiro atoms. The van der Waals surface area contributed by atoms with Crippen LogP contribution in [0.15, 0.2) is 91.0 Å². The average molecular weight is 1030 g/mol. The van der Waals surface area contributed by atoms with Gasteiger partial charge in [0.1, 0.15) is 5.78 Å². The molecule has 8 rings (SSSR count). The standard InChI is InChI=1S/C60H84O12S/c1-11-57(54-38(3)32-49(68-54)51-37(2)31-39(4)59(65,36-61)71-51)28-27-50(69-57)56(8)29-30-58(72-56)34-48(63)41(6)53(70-58)42(7)52(66-9)40(5)47(62)33-43(55(64)67-10)35-73-60(44-21-15-12-16-22-44,45-23-17-13-18-24-45)46-25-19-14-20-26-46/h12-26,37-43,48-54,61,63,65H,11,27-36H2,1-10H3/t37?,38?,39?,40?,41?,42?,43-,48?,49?,50?,51?,52?,53?,54?,56?,57?,58?,59?/m1/s1. The van der Waals surface area contributed by atoms with E-state index >= 15 is 0 Å². The first-order valence-electron chi connectivity index (χ1n) is 27.2. The van der Waals surface area contributed by atoms with Gasteiger partial charge in [-0.3, -0.25) is 9.59 Å². The molecule has 5 fully saturated rings. The van der Waals surface area contributed by atoms with Crippen molar-refractivity contribution in [2.24, 2.45) is 41.4 Å². The Kier molecular flexibility index (Phi) is 17.5. The van der Waals surface area contributed by atoms with Crippen molar-refractivity contribution in [3.63, 3.8) is 0 Å².